The van der Waals surface area contributed by atoms with Crippen LogP contribution in [0.3, 0.4) is 0 Å². The van der Waals surface area contributed by atoms with E-state index in [-0.39, 0.29) is 0 Å². The molecular formula is C16H28N2O2. The number of nitrogens with zero attached hydrogens (tertiary/aromatic N) is 2. The lowest BCUT2D eigenvalue weighted by atomic mass is 9.98. The van der Waals surface area contributed by atoms with Crippen molar-refractivity contribution in [3.05, 3.63) is 12.7 Å². The number of allylic oxidation sites excluding steroid dienone is 1. The standard InChI is InChI=1S/C16H28N2O2/c1-3-4-5-16(19)18-10-6-14(7-11-18)17-12-8-15(20-2)9-13-17/h3,14-15H,1,4-13H2,2H3. The first-order chi connectivity index (χ1) is 9.74. The lowest BCUT2D eigenvalue weighted by Crippen LogP contribution is -2.49. The molecule has 4 heteroatoms. The first kappa shape index (κ1) is 15.5. The van der Waals surface area contributed by atoms with Gasteiger partial charge in [-0.15, -0.1) is 6.58 Å². The molecule has 4 nitrogen and oxygen atoms in total. The number of piperidine rings is 2. The van der Waals surface area contributed by atoms with Crippen molar-refractivity contribution in [1.82, 2.24) is 9.80 Å². The van der Waals surface area contributed by atoms with Gasteiger partial charge in [0.05, 0.1) is 6.10 Å². The predicted octanol–water partition coefficient (Wildman–Crippen LogP) is 2.05. The molecule has 2 aliphatic heterocycles. The Morgan fingerprint density at radius 1 is 1.20 bits per heavy atom. The molecule has 2 heterocycles. The van der Waals surface area contributed by atoms with Gasteiger partial charge in [-0.2, -0.15) is 0 Å². The summed E-state index contributed by atoms with van der Waals surface area (Å²) in [5.41, 5.74) is 0. The Labute approximate surface area is 122 Å². The number of carbonyl (C=O) groups is 1. The summed E-state index contributed by atoms with van der Waals surface area (Å²) in [4.78, 5) is 16.6. The third kappa shape index (κ3) is 4.06. The first-order valence-electron chi connectivity index (χ1n) is 7.90. The Morgan fingerprint density at radius 3 is 2.40 bits per heavy atom. The van der Waals surface area contributed by atoms with E-state index in [9.17, 15) is 4.79 Å². The Balaban J connectivity index is 1.71. The average Bonchev–Trinajstić information content (AvgIpc) is 2.53. The summed E-state index contributed by atoms with van der Waals surface area (Å²) in [6.07, 6.45) is 8.23. The molecule has 0 aromatic carbocycles. The summed E-state index contributed by atoms with van der Waals surface area (Å²) in [6.45, 7) is 7.81. The van der Waals surface area contributed by atoms with Crippen molar-refractivity contribution in [2.75, 3.05) is 33.3 Å². The zero-order chi connectivity index (χ0) is 14.4. The number of methoxy groups -OCH3 is 1. The van der Waals surface area contributed by atoms with E-state index < -0.39 is 0 Å². The van der Waals surface area contributed by atoms with Crippen LogP contribution in [0.15, 0.2) is 12.7 Å². The number of ether oxygens (including phenoxy) is 1. The van der Waals surface area contributed by atoms with Crippen LogP contribution in [0.4, 0.5) is 0 Å². The fourth-order valence-electron chi connectivity index (χ4n) is 3.34. The van der Waals surface area contributed by atoms with E-state index in [1.807, 2.05) is 18.1 Å². The monoisotopic (exact) mass is 280 g/mol. The van der Waals surface area contributed by atoms with E-state index in [1.165, 1.54) is 0 Å². The van der Waals surface area contributed by atoms with Gasteiger partial charge in [-0.05, 0) is 32.1 Å². The minimum atomic E-state index is 0.293. The largest absolute Gasteiger partial charge is 0.381 e. The van der Waals surface area contributed by atoms with Crippen LogP contribution in [0, 0.1) is 0 Å². The summed E-state index contributed by atoms with van der Waals surface area (Å²) >= 11 is 0. The molecule has 20 heavy (non-hydrogen) atoms. The smallest absolute Gasteiger partial charge is 0.222 e. The van der Waals surface area contributed by atoms with Crippen LogP contribution in [0.1, 0.15) is 38.5 Å². The highest BCUT2D eigenvalue weighted by Gasteiger charge is 2.29. The number of likely N-dealkylation sites (tertiary alicyclic amines) is 2. The molecule has 0 N–H and O–H groups in total. The molecule has 0 bridgehead atoms. The summed E-state index contributed by atoms with van der Waals surface area (Å²) < 4.78 is 5.43. The van der Waals surface area contributed by atoms with Crippen LogP contribution in [0.5, 0.6) is 0 Å². The maximum absolute atomic E-state index is 12.0. The molecule has 0 atom stereocenters. The molecule has 0 spiro atoms. The molecule has 0 unspecified atom stereocenters. The molecule has 0 aromatic rings. The van der Waals surface area contributed by atoms with Gasteiger partial charge in [0.15, 0.2) is 0 Å². The Morgan fingerprint density at radius 2 is 1.85 bits per heavy atom. The van der Waals surface area contributed by atoms with Crippen molar-refractivity contribution < 1.29 is 9.53 Å². The second kappa shape index (κ2) is 7.79. The van der Waals surface area contributed by atoms with Gasteiger partial charge in [0, 0.05) is 45.8 Å². The lowest BCUT2D eigenvalue weighted by Gasteiger charge is -2.41. The van der Waals surface area contributed by atoms with Gasteiger partial charge in [-0.25, -0.2) is 0 Å². The zero-order valence-corrected chi connectivity index (χ0v) is 12.7. The Hall–Kier alpha value is -0.870. The van der Waals surface area contributed by atoms with E-state index in [1.54, 1.807) is 0 Å². The predicted molar refractivity (Wildman–Crippen MR) is 80.6 cm³/mol. The van der Waals surface area contributed by atoms with Crippen LogP contribution >= 0.6 is 0 Å². The van der Waals surface area contributed by atoms with E-state index >= 15 is 0 Å². The van der Waals surface area contributed by atoms with E-state index in [0.717, 1.165) is 58.3 Å². The SMILES string of the molecule is C=CCCC(=O)N1CCC(N2CCC(OC)CC2)CC1. The molecule has 2 aliphatic rings. The summed E-state index contributed by atoms with van der Waals surface area (Å²) in [6, 6.07) is 0.663. The quantitative estimate of drug-likeness (QED) is 0.723. The van der Waals surface area contributed by atoms with Crippen molar-refractivity contribution in [1.29, 1.82) is 0 Å². The minimum absolute atomic E-state index is 0.293. The highest BCUT2D eigenvalue weighted by molar-refractivity contribution is 5.76. The summed E-state index contributed by atoms with van der Waals surface area (Å²) in [7, 11) is 1.81. The van der Waals surface area contributed by atoms with Crippen molar-refractivity contribution in [3.8, 4) is 0 Å². The highest BCUT2D eigenvalue weighted by atomic mass is 16.5. The number of carbonyl (C=O) groups excluding carboxylic acids is 1. The van der Waals surface area contributed by atoms with Crippen LogP contribution < -0.4 is 0 Å². The average molecular weight is 280 g/mol. The fourth-order valence-corrected chi connectivity index (χ4v) is 3.34. The fraction of sp³-hybridized carbons (Fsp3) is 0.812. The van der Waals surface area contributed by atoms with E-state index in [0.29, 0.717) is 24.5 Å². The van der Waals surface area contributed by atoms with Gasteiger partial charge in [-0.3, -0.25) is 4.79 Å². The summed E-state index contributed by atoms with van der Waals surface area (Å²) in [5, 5.41) is 0. The first-order valence-corrected chi connectivity index (χ1v) is 7.90. The van der Waals surface area contributed by atoms with Crippen molar-refractivity contribution in [3.63, 3.8) is 0 Å². The maximum atomic E-state index is 12.0. The number of hydrogen-bond donors (Lipinski definition) is 0. The molecular weight excluding hydrogens is 252 g/mol. The highest BCUT2D eigenvalue weighted by Crippen LogP contribution is 2.22. The van der Waals surface area contributed by atoms with Crippen LogP contribution in [-0.4, -0.2) is 61.1 Å². The molecule has 114 valence electrons. The normalized spacial score (nSPS) is 22.9. The molecule has 1 amide bonds. The van der Waals surface area contributed by atoms with Crippen LogP contribution in [0.2, 0.25) is 0 Å². The second-order valence-electron chi connectivity index (χ2n) is 5.91. The maximum Gasteiger partial charge on any atom is 0.222 e. The molecule has 2 fully saturated rings. The van der Waals surface area contributed by atoms with E-state index in [4.69, 9.17) is 4.74 Å². The van der Waals surface area contributed by atoms with Gasteiger partial charge in [0.1, 0.15) is 0 Å². The molecule has 2 saturated heterocycles. The molecule has 2 rings (SSSR count). The van der Waals surface area contributed by atoms with Gasteiger partial charge < -0.3 is 14.5 Å². The van der Waals surface area contributed by atoms with Crippen molar-refractivity contribution in [2.24, 2.45) is 0 Å². The van der Waals surface area contributed by atoms with Gasteiger partial charge in [-0.1, -0.05) is 6.08 Å². The molecule has 0 radical (unpaired) electrons. The third-order valence-corrected chi connectivity index (χ3v) is 4.71. The van der Waals surface area contributed by atoms with E-state index in [2.05, 4.69) is 11.5 Å². The number of amides is 1. The third-order valence-electron chi connectivity index (χ3n) is 4.71. The van der Waals surface area contributed by atoms with Crippen molar-refractivity contribution in [2.45, 2.75) is 50.7 Å². The van der Waals surface area contributed by atoms with Gasteiger partial charge >= 0.3 is 0 Å². The molecule has 0 saturated carbocycles. The Kier molecular flexibility index (Phi) is 6.05. The number of hydrogen-bond acceptors (Lipinski definition) is 3. The van der Waals surface area contributed by atoms with Crippen molar-refractivity contribution >= 4 is 5.91 Å². The summed E-state index contributed by atoms with van der Waals surface area (Å²) in [5.74, 6) is 0.293. The van der Waals surface area contributed by atoms with Gasteiger partial charge in [0.2, 0.25) is 5.91 Å². The lowest BCUT2D eigenvalue weighted by molar-refractivity contribution is -0.132. The molecule has 0 aromatic heterocycles. The second-order valence-corrected chi connectivity index (χ2v) is 5.91. The topological polar surface area (TPSA) is 32.8 Å². The van der Waals surface area contributed by atoms with Gasteiger partial charge in [0.25, 0.3) is 0 Å². The number of rotatable bonds is 5. The minimum Gasteiger partial charge on any atom is -0.381 e. The van der Waals surface area contributed by atoms with Crippen LogP contribution in [-0.2, 0) is 9.53 Å². The van der Waals surface area contributed by atoms with Crippen LogP contribution in [0.25, 0.3) is 0 Å². The molecule has 0 aliphatic carbocycles. The Bertz CT molecular complexity index is 316. The zero-order valence-electron chi connectivity index (χ0n) is 12.7.